The number of likely N-dealkylation sites (tertiary alicyclic amines) is 1. The molecule has 2 rings (SSSR count). The number of benzene rings is 1. The molecule has 1 saturated heterocycles. The molecule has 1 atom stereocenters. The first-order chi connectivity index (χ1) is 9.02. The van der Waals surface area contributed by atoms with Gasteiger partial charge in [-0.1, -0.05) is 22.9 Å². The molecule has 5 heteroatoms. The summed E-state index contributed by atoms with van der Waals surface area (Å²) in [4.78, 5) is 25.5. The van der Waals surface area contributed by atoms with E-state index in [1.807, 2.05) is 6.92 Å². The number of carbonyl (C=O) groups excluding carboxylic acids is 2. The summed E-state index contributed by atoms with van der Waals surface area (Å²) in [6, 6.07) is 4.31. The van der Waals surface area contributed by atoms with Crippen molar-refractivity contribution in [2.45, 2.75) is 19.8 Å². The average Bonchev–Trinajstić information content (AvgIpc) is 2.41. The summed E-state index contributed by atoms with van der Waals surface area (Å²) in [6.45, 7) is 2.69. The lowest BCUT2D eigenvalue weighted by molar-refractivity contribution is -0.125. The minimum absolute atomic E-state index is 0.0542. The van der Waals surface area contributed by atoms with Gasteiger partial charge < -0.3 is 4.90 Å². The molecule has 0 aromatic heterocycles. The van der Waals surface area contributed by atoms with Crippen molar-refractivity contribution in [3.8, 4) is 0 Å². The van der Waals surface area contributed by atoms with E-state index < -0.39 is 5.82 Å². The molecule has 1 aliphatic heterocycles. The van der Waals surface area contributed by atoms with E-state index >= 15 is 0 Å². The SMILES string of the molecule is CCC1CN(C(=O)c2cc(Br)ccc2F)CCC1=O. The van der Waals surface area contributed by atoms with Crippen LogP contribution in [0.25, 0.3) is 0 Å². The van der Waals surface area contributed by atoms with Gasteiger partial charge in [0, 0.05) is 29.9 Å². The predicted octanol–water partition coefficient (Wildman–Crippen LogP) is 3.03. The third-order valence-corrected chi connectivity index (χ3v) is 3.96. The summed E-state index contributed by atoms with van der Waals surface area (Å²) in [7, 11) is 0. The number of Topliss-reactive ketones (excluding diaryl/α,β-unsaturated/α-hetero) is 1. The van der Waals surface area contributed by atoms with E-state index in [0.717, 1.165) is 0 Å². The van der Waals surface area contributed by atoms with E-state index in [1.165, 1.54) is 12.1 Å². The molecule has 102 valence electrons. The Bertz CT molecular complexity index is 518. The second-order valence-electron chi connectivity index (χ2n) is 4.70. The van der Waals surface area contributed by atoms with Gasteiger partial charge in [0.1, 0.15) is 11.6 Å². The van der Waals surface area contributed by atoms with Gasteiger partial charge in [0.15, 0.2) is 0 Å². The first kappa shape index (κ1) is 14.2. The molecule has 3 nitrogen and oxygen atoms in total. The van der Waals surface area contributed by atoms with Gasteiger partial charge in [-0.2, -0.15) is 0 Å². The summed E-state index contributed by atoms with van der Waals surface area (Å²) in [5.41, 5.74) is 0.0542. The number of ketones is 1. The molecule has 0 spiro atoms. The second-order valence-corrected chi connectivity index (χ2v) is 5.61. The molecule has 0 bridgehead atoms. The van der Waals surface area contributed by atoms with Crippen LogP contribution in [-0.4, -0.2) is 29.7 Å². The normalized spacial score (nSPS) is 19.6. The maximum absolute atomic E-state index is 13.7. The molecule has 1 fully saturated rings. The zero-order valence-corrected chi connectivity index (χ0v) is 12.2. The highest BCUT2D eigenvalue weighted by molar-refractivity contribution is 9.10. The van der Waals surface area contributed by atoms with Gasteiger partial charge >= 0.3 is 0 Å². The van der Waals surface area contributed by atoms with E-state index in [2.05, 4.69) is 15.9 Å². The number of halogens is 2. The molecule has 1 aliphatic rings. The quantitative estimate of drug-likeness (QED) is 0.837. The largest absolute Gasteiger partial charge is 0.337 e. The monoisotopic (exact) mass is 327 g/mol. The Labute approximate surface area is 119 Å². The Morgan fingerprint density at radius 3 is 2.95 bits per heavy atom. The number of carbonyl (C=O) groups is 2. The number of piperidine rings is 1. The van der Waals surface area contributed by atoms with Crippen molar-refractivity contribution in [1.82, 2.24) is 4.90 Å². The molecule has 1 amide bonds. The number of rotatable bonds is 2. The zero-order chi connectivity index (χ0) is 14.0. The van der Waals surface area contributed by atoms with Gasteiger partial charge in [-0.3, -0.25) is 9.59 Å². The molecular weight excluding hydrogens is 313 g/mol. The van der Waals surface area contributed by atoms with Crippen LogP contribution in [-0.2, 0) is 4.79 Å². The maximum Gasteiger partial charge on any atom is 0.256 e. The number of hydrogen-bond donors (Lipinski definition) is 0. The van der Waals surface area contributed by atoms with Gasteiger partial charge in [-0.05, 0) is 24.6 Å². The molecule has 1 unspecified atom stereocenters. The first-order valence-electron chi connectivity index (χ1n) is 6.30. The molecule has 1 aromatic rings. The van der Waals surface area contributed by atoms with Crippen LogP contribution in [0, 0.1) is 11.7 Å². The van der Waals surface area contributed by atoms with Gasteiger partial charge in [0.2, 0.25) is 0 Å². The Hall–Kier alpha value is -1.23. The standard InChI is InChI=1S/C14H15BrFNO2/c1-2-9-8-17(6-5-13(9)18)14(19)11-7-10(15)3-4-12(11)16/h3-4,7,9H,2,5-6,8H2,1H3. The maximum atomic E-state index is 13.7. The highest BCUT2D eigenvalue weighted by Crippen LogP contribution is 2.21. The third kappa shape index (κ3) is 3.03. The molecule has 19 heavy (non-hydrogen) atoms. The van der Waals surface area contributed by atoms with Crippen molar-refractivity contribution in [3.05, 3.63) is 34.1 Å². The van der Waals surface area contributed by atoms with E-state index in [4.69, 9.17) is 0 Å². The lowest BCUT2D eigenvalue weighted by atomic mass is 9.93. The Balaban J connectivity index is 2.20. The van der Waals surface area contributed by atoms with Crippen molar-refractivity contribution in [2.24, 2.45) is 5.92 Å². The van der Waals surface area contributed by atoms with Crippen LogP contribution in [0.15, 0.2) is 22.7 Å². The van der Waals surface area contributed by atoms with E-state index in [1.54, 1.807) is 11.0 Å². The van der Waals surface area contributed by atoms with Crippen LogP contribution in [0.5, 0.6) is 0 Å². The fourth-order valence-corrected chi connectivity index (χ4v) is 2.64. The summed E-state index contributed by atoms with van der Waals surface area (Å²) in [5, 5.41) is 0. The van der Waals surface area contributed by atoms with Crippen molar-refractivity contribution in [1.29, 1.82) is 0 Å². The number of hydrogen-bond acceptors (Lipinski definition) is 2. The Kier molecular flexibility index (Phi) is 4.34. The van der Waals surface area contributed by atoms with Crippen molar-refractivity contribution in [3.63, 3.8) is 0 Å². The van der Waals surface area contributed by atoms with Crippen LogP contribution in [0.3, 0.4) is 0 Å². The van der Waals surface area contributed by atoms with Gasteiger partial charge in [-0.25, -0.2) is 4.39 Å². The Morgan fingerprint density at radius 1 is 1.53 bits per heavy atom. The van der Waals surface area contributed by atoms with E-state index in [0.29, 0.717) is 30.4 Å². The van der Waals surface area contributed by atoms with E-state index in [-0.39, 0.29) is 23.2 Å². The highest BCUT2D eigenvalue weighted by Gasteiger charge is 2.30. The number of nitrogens with zero attached hydrogens (tertiary/aromatic N) is 1. The average molecular weight is 328 g/mol. The molecular formula is C14H15BrFNO2. The Morgan fingerprint density at radius 2 is 2.26 bits per heavy atom. The zero-order valence-electron chi connectivity index (χ0n) is 10.7. The van der Waals surface area contributed by atoms with Crippen molar-refractivity contribution in [2.75, 3.05) is 13.1 Å². The summed E-state index contributed by atoms with van der Waals surface area (Å²) < 4.78 is 14.4. The minimum atomic E-state index is -0.529. The minimum Gasteiger partial charge on any atom is -0.337 e. The van der Waals surface area contributed by atoms with Crippen LogP contribution < -0.4 is 0 Å². The van der Waals surface area contributed by atoms with E-state index in [9.17, 15) is 14.0 Å². The van der Waals surface area contributed by atoms with Crippen LogP contribution in [0.1, 0.15) is 30.1 Å². The molecule has 0 radical (unpaired) electrons. The smallest absolute Gasteiger partial charge is 0.256 e. The fraction of sp³-hybridized carbons (Fsp3) is 0.429. The fourth-order valence-electron chi connectivity index (χ4n) is 2.28. The molecule has 0 saturated carbocycles. The summed E-state index contributed by atoms with van der Waals surface area (Å²) in [5.74, 6) is -0.794. The van der Waals surface area contributed by atoms with Crippen LogP contribution >= 0.6 is 15.9 Å². The van der Waals surface area contributed by atoms with Crippen molar-refractivity contribution >= 4 is 27.6 Å². The summed E-state index contributed by atoms with van der Waals surface area (Å²) in [6.07, 6.45) is 1.07. The van der Waals surface area contributed by atoms with Gasteiger partial charge in [0.05, 0.1) is 5.56 Å². The van der Waals surface area contributed by atoms with Gasteiger partial charge in [0.25, 0.3) is 5.91 Å². The molecule has 0 aliphatic carbocycles. The molecule has 1 aromatic carbocycles. The van der Waals surface area contributed by atoms with Crippen LogP contribution in [0.2, 0.25) is 0 Å². The number of amides is 1. The highest BCUT2D eigenvalue weighted by atomic mass is 79.9. The topological polar surface area (TPSA) is 37.4 Å². The molecule has 0 N–H and O–H groups in total. The predicted molar refractivity (Wildman–Crippen MR) is 73.4 cm³/mol. The third-order valence-electron chi connectivity index (χ3n) is 3.46. The van der Waals surface area contributed by atoms with Crippen molar-refractivity contribution < 1.29 is 14.0 Å². The second kappa shape index (κ2) is 5.82. The lowest BCUT2D eigenvalue weighted by Gasteiger charge is -2.31. The summed E-state index contributed by atoms with van der Waals surface area (Å²) >= 11 is 3.23. The molecule has 1 heterocycles. The lowest BCUT2D eigenvalue weighted by Crippen LogP contribution is -2.44. The van der Waals surface area contributed by atoms with Crippen LogP contribution in [0.4, 0.5) is 4.39 Å². The van der Waals surface area contributed by atoms with Gasteiger partial charge in [-0.15, -0.1) is 0 Å². The first-order valence-corrected chi connectivity index (χ1v) is 7.09.